The molecule has 3 fully saturated rings. The summed E-state index contributed by atoms with van der Waals surface area (Å²) in [6.07, 6.45) is 1.49. The van der Waals surface area contributed by atoms with Crippen molar-refractivity contribution in [2.75, 3.05) is 69.8 Å². The molecule has 7 rings (SSSR count). The summed E-state index contributed by atoms with van der Waals surface area (Å²) in [5.74, 6) is -0.0459. The maximum atomic E-state index is 15.1. The quantitative estimate of drug-likeness (QED) is 0.0748. The SMILES string of the molecule is CNc1nc(Nc2ccc(C(=O)N3CCN(CCCSC(C)(C)C(NC(=O)C4(F)CC4)C(=O)N4C[C@H](O)C[C@H]4C(=O)NC(C)c4ccc(-c5scnc5C)cc4)CC3)cc2OC)ncc1Cl. The van der Waals surface area contributed by atoms with Gasteiger partial charge in [0.25, 0.3) is 11.8 Å². The van der Waals surface area contributed by atoms with Gasteiger partial charge in [0.1, 0.15) is 28.7 Å². The first-order chi connectivity index (χ1) is 31.5. The monoisotopic (exact) mass is 964 g/mol. The molecule has 66 heavy (non-hydrogen) atoms. The number of halogens is 2. The Morgan fingerprint density at radius 2 is 1.80 bits per heavy atom. The maximum Gasteiger partial charge on any atom is 0.258 e. The van der Waals surface area contributed by atoms with Gasteiger partial charge in [-0.15, -0.1) is 11.3 Å². The van der Waals surface area contributed by atoms with Crippen LogP contribution in [0.2, 0.25) is 5.02 Å². The number of hydrogen-bond donors (Lipinski definition) is 5. The van der Waals surface area contributed by atoms with E-state index in [4.69, 9.17) is 16.3 Å². The Bertz CT molecular complexity index is 2400. The van der Waals surface area contributed by atoms with E-state index < -0.39 is 52.4 Å². The second-order valence-electron chi connectivity index (χ2n) is 17.5. The number of hydrogen-bond acceptors (Lipinski definition) is 14. The number of alkyl halides is 1. The van der Waals surface area contributed by atoms with Crippen LogP contribution in [0.25, 0.3) is 10.4 Å². The van der Waals surface area contributed by atoms with Crippen LogP contribution in [0.5, 0.6) is 5.75 Å². The lowest BCUT2D eigenvalue weighted by atomic mass is 10.00. The first-order valence-electron chi connectivity index (χ1n) is 22.1. The molecule has 4 amide bonds. The molecule has 2 aliphatic heterocycles. The highest BCUT2D eigenvalue weighted by Gasteiger charge is 2.54. The molecule has 2 aromatic heterocycles. The van der Waals surface area contributed by atoms with Gasteiger partial charge in [0, 0.05) is 56.5 Å². The Hall–Kier alpha value is -5.08. The van der Waals surface area contributed by atoms with Crippen LogP contribution in [0, 0.1) is 6.92 Å². The summed E-state index contributed by atoms with van der Waals surface area (Å²) in [7, 11) is 3.24. The second kappa shape index (κ2) is 20.8. The fourth-order valence-electron chi connectivity index (χ4n) is 8.21. The van der Waals surface area contributed by atoms with E-state index in [1.807, 2.05) is 56.9 Å². The second-order valence-corrected chi connectivity index (χ2v) is 20.5. The molecular formula is C46H58ClFN10O6S2. The van der Waals surface area contributed by atoms with Crippen LogP contribution in [0.4, 0.5) is 21.8 Å². The van der Waals surface area contributed by atoms with E-state index in [0.717, 1.165) is 34.7 Å². The zero-order valence-electron chi connectivity index (χ0n) is 38.0. The number of aliphatic hydroxyl groups excluding tert-OH is 1. The average Bonchev–Trinajstić information content (AvgIpc) is 3.72. The number of methoxy groups -OCH3 is 1. The van der Waals surface area contributed by atoms with Crippen LogP contribution >= 0.6 is 34.7 Å². The molecule has 4 atom stereocenters. The van der Waals surface area contributed by atoms with E-state index in [-0.39, 0.29) is 31.7 Å². The molecule has 2 unspecified atom stereocenters. The lowest BCUT2D eigenvalue weighted by Crippen LogP contribution is -2.61. The third-order valence-corrected chi connectivity index (χ3v) is 15.1. The highest BCUT2D eigenvalue weighted by Crippen LogP contribution is 2.41. The van der Waals surface area contributed by atoms with Gasteiger partial charge in [0.2, 0.25) is 17.8 Å². The van der Waals surface area contributed by atoms with Crippen LogP contribution < -0.4 is 26.0 Å². The number of aromatic nitrogens is 3. The third-order valence-electron chi connectivity index (χ3n) is 12.4. The minimum Gasteiger partial charge on any atom is -0.495 e. The van der Waals surface area contributed by atoms with Crippen molar-refractivity contribution in [3.63, 3.8) is 0 Å². The molecule has 16 nitrogen and oxygen atoms in total. The number of thioether (sulfide) groups is 1. The van der Waals surface area contributed by atoms with Gasteiger partial charge in [-0.3, -0.25) is 24.1 Å². The molecule has 4 aromatic rings. The Kier molecular flexibility index (Phi) is 15.4. The van der Waals surface area contributed by atoms with Gasteiger partial charge < -0.3 is 40.9 Å². The van der Waals surface area contributed by atoms with Crippen LogP contribution in [0.15, 0.2) is 54.2 Å². The topological polar surface area (TPSA) is 194 Å². The van der Waals surface area contributed by atoms with Crippen molar-refractivity contribution in [2.45, 2.75) is 88.0 Å². The summed E-state index contributed by atoms with van der Waals surface area (Å²) in [6.45, 7) is 10.6. The molecular weight excluding hydrogens is 907 g/mol. The fraction of sp³-hybridized carbons (Fsp3) is 0.500. The lowest BCUT2D eigenvalue weighted by molar-refractivity contribution is -0.143. The number of rotatable bonds is 18. The van der Waals surface area contributed by atoms with E-state index in [2.05, 4.69) is 41.1 Å². The predicted molar refractivity (Wildman–Crippen MR) is 256 cm³/mol. The molecule has 1 aliphatic carbocycles. The molecule has 4 heterocycles. The minimum absolute atomic E-state index is 0.0328. The minimum atomic E-state index is -2.02. The normalized spacial score (nSPS) is 19.2. The summed E-state index contributed by atoms with van der Waals surface area (Å²) in [4.78, 5) is 74.6. The third kappa shape index (κ3) is 11.4. The summed E-state index contributed by atoms with van der Waals surface area (Å²) in [6, 6.07) is 10.5. The number of anilines is 3. The summed E-state index contributed by atoms with van der Waals surface area (Å²) < 4.78 is 19.8. The Labute approximate surface area is 397 Å². The Morgan fingerprint density at radius 3 is 2.45 bits per heavy atom. The molecule has 20 heteroatoms. The van der Waals surface area contributed by atoms with Crippen LogP contribution in [-0.2, 0) is 14.4 Å². The number of nitrogens with zero attached hydrogens (tertiary/aromatic N) is 6. The van der Waals surface area contributed by atoms with Crippen molar-refractivity contribution in [1.29, 1.82) is 0 Å². The Balaban J connectivity index is 0.920. The number of aryl methyl sites for hydroxylation is 1. The summed E-state index contributed by atoms with van der Waals surface area (Å²) in [5.41, 5.74) is 3.70. The fourth-order valence-corrected chi connectivity index (χ4v) is 10.3. The maximum absolute atomic E-state index is 15.1. The first kappa shape index (κ1) is 48.8. The van der Waals surface area contributed by atoms with Crippen LogP contribution in [0.3, 0.4) is 0 Å². The van der Waals surface area contributed by atoms with Gasteiger partial charge in [-0.2, -0.15) is 16.7 Å². The van der Waals surface area contributed by atoms with Gasteiger partial charge in [-0.05, 0) is 88.6 Å². The molecule has 0 bridgehead atoms. The Morgan fingerprint density at radius 1 is 1.08 bits per heavy atom. The van der Waals surface area contributed by atoms with Gasteiger partial charge in [0.15, 0.2) is 5.67 Å². The number of nitrogens with one attached hydrogen (secondary N) is 4. The smallest absolute Gasteiger partial charge is 0.258 e. The van der Waals surface area contributed by atoms with E-state index in [9.17, 15) is 24.3 Å². The van der Waals surface area contributed by atoms with Gasteiger partial charge in [-0.1, -0.05) is 35.9 Å². The van der Waals surface area contributed by atoms with Gasteiger partial charge in [-0.25, -0.2) is 14.4 Å². The van der Waals surface area contributed by atoms with E-state index in [1.54, 1.807) is 42.1 Å². The van der Waals surface area contributed by atoms with Crippen molar-refractivity contribution < 1.29 is 33.4 Å². The summed E-state index contributed by atoms with van der Waals surface area (Å²) >= 11 is 9.17. The average molecular weight is 966 g/mol. The molecule has 354 valence electrons. The largest absolute Gasteiger partial charge is 0.495 e. The van der Waals surface area contributed by atoms with E-state index in [1.165, 1.54) is 30.0 Å². The molecule has 3 aliphatic rings. The van der Waals surface area contributed by atoms with Crippen molar-refractivity contribution >= 4 is 75.8 Å². The number of carbonyl (C=O) groups excluding carboxylic acids is 4. The lowest BCUT2D eigenvalue weighted by Gasteiger charge is -2.38. The van der Waals surface area contributed by atoms with Crippen LogP contribution in [0.1, 0.15) is 74.1 Å². The van der Waals surface area contributed by atoms with Gasteiger partial charge in [0.05, 0.1) is 47.2 Å². The number of piperazine rings is 1. The molecule has 1 saturated carbocycles. The number of β-amino-alcohol motifs (C(OH)–C–C–N with tert-alkyl or cyclic N) is 1. The molecule has 0 radical (unpaired) electrons. The molecule has 0 spiro atoms. The molecule has 2 saturated heterocycles. The van der Waals surface area contributed by atoms with Crippen molar-refractivity contribution in [3.8, 4) is 16.2 Å². The summed E-state index contributed by atoms with van der Waals surface area (Å²) in [5, 5.41) is 23.0. The van der Waals surface area contributed by atoms with Gasteiger partial charge >= 0.3 is 0 Å². The van der Waals surface area contributed by atoms with Crippen molar-refractivity contribution in [1.82, 2.24) is 40.3 Å². The van der Waals surface area contributed by atoms with Crippen LogP contribution in [-0.4, -0.2) is 146 Å². The number of amides is 4. The highest BCUT2D eigenvalue weighted by atomic mass is 35.5. The number of thiazole rings is 1. The predicted octanol–water partition coefficient (Wildman–Crippen LogP) is 5.84. The number of benzene rings is 2. The van der Waals surface area contributed by atoms with E-state index >= 15 is 4.39 Å². The zero-order valence-corrected chi connectivity index (χ0v) is 40.4. The molecule has 2 aromatic carbocycles. The molecule has 5 N–H and O–H groups in total. The number of ether oxygens (including phenoxy) is 1. The zero-order chi connectivity index (χ0) is 47.3. The standard InChI is InChI=1S/C46H58ClFN10O6S2/c1-27(29-8-10-30(11-9-29)37-28(2)51-26-65-37)52-40(60)35-23-32(59)25-58(35)42(62)38(54-43(63)46(48)14-15-46)45(3,4)66-21-7-16-56-17-19-57(20-18-56)41(61)31-12-13-34(36(22-31)64-6)53-44-50-24-33(47)39(49-5)55-44/h8-13,22,24,26-27,32,35,38,59H,7,14-21,23,25H2,1-6H3,(H,52,60)(H,54,63)(H2,49,50,53,55)/t27?,32-,35+,38?/m1/s1. The number of aliphatic hydroxyl groups is 1. The number of carbonyl (C=O) groups is 4. The number of likely N-dealkylation sites (tertiary alicyclic amines) is 1. The highest BCUT2D eigenvalue weighted by molar-refractivity contribution is 8.00. The van der Waals surface area contributed by atoms with Crippen molar-refractivity contribution in [2.24, 2.45) is 0 Å². The van der Waals surface area contributed by atoms with E-state index in [0.29, 0.717) is 65.7 Å². The first-order valence-corrected chi connectivity index (χ1v) is 24.3. The van der Waals surface area contributed by atoms with Crippen molar-refractivity contribution in [3.05, 3.63) is 76.0 Å².